The van der Waals surface area contributed by atoms with Gasteiger partial charge in [0.1, 0.15) is 5.69 Å². The molecule has 0 heterocycles. The lowest BCUT2D eigenvalue weighted by Gasteiger charge is -2.09. The minimum absolute atomic E-state index is 0.0860. The molecule has 0 atom stereocenters. The Balaban J connectivity index is 1.70. The zero-order chi connectivity index (χ0) is 18.7. The van der Waals surface area contributed by atoms with Gasteiger partial charge in [0, 0.05) is 11.0 Å². The number of carbonyl (C=O) groups is 1. The Morgan fingerprint density at radius 1 is 1.04 bits per heavy atom. The Morgan fingerprint density at radius 2 is 1.73 bits per heavy atom. The van der Waals surface area contributed by atoms with Crippen LogP contribution < -0.4 is 5.32 Å². The number of rotatable bonds is 5. The standard InChI is InChI=1S/C20H18N2O3S/c1-13-9-18(19(22(24)25)10-14(13)2)21-20(23)12-26-17-8-7-15-5-3-4-6-16(15)11-17/h3-11H,12H2,1-2H3,(H,21,23). The fourth-order valence-corrected chi connectivity index (χ4v) is 3.39. The van der Waals surface area contributed by atoms with E-state index in [0.717, 1.165) is 26.8 Å². The van der Waals surface area contributed by atoms with E-state index in [-0.39, 0.29) is 23.0 Å². The van der Waals surface area contributed by atoms with E-state index in [1.54, 1.807) is 6.07 Å². The first-order chi connectivity index (χ1) is 12.4. The number of carbonyl (C=O) groups excluding carboxylic acids is 1. The van der Waals surface area contributed by atoms with Crippen molar-refractivity contribution in [3.63, 3.8) is 0 Å². The van der Waals surface area contributed by atoms with E-state index < -0.39 is 4.92 Å². The first kappa shape index (κ1) is 17.9. The number of benzene rings is 3. The van der Waals surface area contributed by atoms with Gasteiger partial charge in [-0.25, -0.2) is 0 Å². The monoisotopic (exact) mass is 366 g/mol. The predicted octanol–water partition coefficient (Wildman–Crippen LogP) is 5.10. The number of hydrogen-bond acceptors (Lipinski definition) is 4. The highest BCUT2D eigenvalue weighted by molar-refractivity contribution is 8.00. The zero-order valence-corrected chi connectivity index (χ0v) is 15.3. The summed E-state index contributed by atoms with van der Waals surface area (Å²) in [4.78, 5) is 24.0. The molecule has 1 amide bonds. The number of nitrogens with zero attached hydrogens (tertiary/aromatic N) is 1. The summed E-state index contributed by atoms with van der Waals surface area (Å²) in [6.07, 6.45) is 0. The van der Waals surface area contributed by atoms with Crippen LogP contribution in [0.2, 0.25) is 0 Å². The molecular formula is C20H18N2O3S. The van der Waals surface area contributed by atoms with Crippen LogP contribution in [0.5, 0.6) is 0 Å². The molecule has 0 bridgehead atoms. The normalized spacial score (nSPS) is 10.7. The van der Waals surface area contributed by atoms with Gasteiger partial charge in [0.25, 0.3) is 5.69 Å². The van der Waals surface area contributed by atoms with Crippen molar-refractivity contribution in [2.75, 3.05) is 11.1 Å². The van der Waals surface area contributed by atoms with E-state index in [2.05, 4.69) is 5.32 Å². The van der Waals surface area contributed by atoms with Crippen molar-refractivity contribution < 1.29 is 9.72 Å². The van der Waals surface area contributed by atoms with Crippen LogP contribution >= 0.6 is 11.8 Å². The van der Waals surface area contributed by atoms with Gasteiger partial charge in [-0.2, -0.15) is 0 Å². The van der Waals surface area contributed by atoms with E-state index in [9.17, 15) is 14.9 Å². The molecular weight excluding hydrogens is 348 g/mol. The molecule has 0 saturated carbocycles. The Morgan fingerprint density at radius 3 is 2.46 bits per heavy atom. The van der Waals surface area contributed by atoms with Crippen molar-refractivity contribution in [1.82, 2.24) is 0 Å². The van der Waals surface area contributed by atoms with Gasteiger partial charge in [-0.3, -0.25) is 14.9 Å². The van der Waals surface area contributed by atoms with E-state index in [4.69, 9.17) is 0 Å². The predicted molar refractivity (Wildman–Crippen MR) is 106 cm³/mol. The average Bonchev–Trinajstić information content (AvgIpc) is 2.62. The van der Waals surface area contributed by atoms with E-state index in [1.165, 1.54) is 17.8 Å². The summed E-state index contributed by atoms with van der Waals surface area (Å²) in [6.45, 7) is 3.67. The molecule has 132 valence electrons. The van der Waals surface area contributed by atoms with Crippen molar-refractivity contribution in [2.24, 2.45) is 0 Å². The highest BCUT2D eigenvalue weighted by atomic mass is 32.2. The van der Waals surface area contributed by atoms with Gasteiger partial charge in [-0.1, -0.05) is 30.3 Å². The second-order valence-electron chi connectivity index (χ2n) is 6.06. The average molecular weight is 366 g/mol. The number of nitro groups is 1. The third-order valence-electron chi connectivity index (χ3n) is 4.17. The summed E-state index contributed by atoms with van der Waals surface area (Å²) in [5, 5.41) is 16.1. The molecule has 5 nitrogen and oxygen atoms in total. The molecule has 0 saturated heterocycles. The molecule has 0 radical (unpaired) electrons. The number of nitro benzene ring substituents is 1. The van der Waals surface area contributed by atoms with Crippen molar-refractivity contribution in [3.8, 4) is 0 Å². The van der Waals surface area contributed by atoms with Gasteiger partial charge in [0.05, 0.1) is 10.7 Å². The molecule has 6 heteroatoms. The molecule has 26 heavy (non-hydrogen) atoms. The third kappa shape index (κ3) is 4.03. The van der Waals surface area contributed by atoms with Crippen LogP contribution in [0, 0.1) is 24.0 Å². The lowest BCUT2D eigenvalue weighted by atomic mass is 10.1. The summed E-state index contributed by atoms with van der Waals surface area (Å²) in [5.41, 5.74) is 1.87. The third-order valence-corrected chi connectivity index (χ3v) is 5.17. The summed E-state index contributed by atoms with van der Waals surface area (Å²) in [7, 11) is 0. The Labute approximate surface area is 155 Å². The first-order valence-corrected chi connectivity index (χ1v) is 9.09. The number of hydrogen-bond donors (Lipinski definition) is 1. The second-order valence-corrected chi connectivity index (χ2v) is 7.11. The summed E-state index contributed by atoms with van der Waals surface area (Å²) in [6, 6.07) is 17.2. The van der Waals surface area contributed by atoms with Crippen molar-refractivity contribution in [1.29, 1.82) is 0 Å². The Hall–Kier alpha value is -2.86. The van der Waals surface area contributed by atoms with Crippen LogP contribution in [0.25, 0.3) is 10.8 Å². The molecule has 0 aliphatic carbocycles. The molecule has 0 spiro atoms. The van der Waals surface area contributed by atoms with Gasteiger partial charge >= 0.3 is 0 Å². The number of nitrogens with one attached hydrogen (secondary N) is 1. The largest absolute Gasteiger partial charge is 0.320 e. The number of aryl methyl sites for hydroxylation is 2. The first-order valence-electron chi connectivity index (χ1n) is 8.11. The second kappa shape index (κ2) is 7.58. The maximum atomic E-state index is 12.3. The van der Waals surface area contributed by atoms with E-state index >= 15 is 0 Å². The Kier molecular flexibility index (Phi) is 5.23. The van der Waals surface area contributed by atoms with Gasteiger partial charge in [0.2, 0.25) is 5.91 Å². The minimum atomic E-state index is -0.474. The molecule has 0 fully saturated rings. The van der Waals surface area contributed by atoms with Crippen molar-refractivity contribution >= 4 is 39.8 Å². The molecule has 3 aromatic carbocycles. The quantitative estimate of drug-likeness (QED) is 0.387. The molecule has 1 N–H and O–H groups in total. The summed E-state index contributed by atoms with van der Waals surface area (Å²) >= 11 is 1.40. The highest BCUT2D eigenvalue weighted by Gasteiger charge is 2.17. The summed E-state index contributed by atoms with van der Waals surface area (Å²) < 4.78 is 0. The highest BCUT2D eigenvalue weighted by Crippen LogP contribution is 2.29. The molecule has 0 unspecified atom stereocenters. The van der Waals surface area contributed by atoms with Crippen LogP contribution in [0.4, 0.5) is 11.4 Å². The fourth-order valence-electron chi connectivity index (χ4n) is 2.64. The molecule has 0 aliphatic rings. The number of thioether (sulfide) groups is 1. The number of amides is 1. The number of fused-ring (bicyclic) bond motifs is 1. The van der Waals surface area contributed by atoms with E-state index in [1.807, 2.05) is 56.3 Å². The van der Waals surface area contributed by atoms with E-state index in [0.29, 0.717) is 0 Å². The number of anilines is 1. The SMILES string of the molecule is Cc1cc(NC(=O)CSc2ccc3ccccc3c2)c([N+](=O)[O-])cc1C. The van der Waals surface area contributed by atoms with Crippen LogP contribution in [0.1, 0.15) is 11.1 Å². The maximum absolute atomic E-state index is 12.3. The Bertz CT molecular complexity index is 1000. The molecule has 0 aromatic heterocycles. The van der Waals surface area contributed by atoms with Gasteiger partial charge < -0.3 is 5.32 Å². The van der Waals surface area contributed by atoms with Crippen LogP contribution in [-0.4, -0.2) is 16.6 Å². The molecule has 3 aromatic rings. The fraction of sp³-hybridized carbons (Fsp3) is 0.150. The topological polar surface area (TPSA) is 72.2 Å². The lowest BCUT2D eigenvalue weighted by molar-refractivity contribution is -0.384. The lowest BCUT2D eigenvalue weighted by Crippen LogP contribution is -2.15. The summed E-state index contributed by atoms with van der Waals surface area (Å²) in [5.74, 6) is -0.0860. The van der Waals surface area contributed by atoms with Crippen LogP contribution in [0.15, 0.2) is 59.5 Å². The smallest absolute Gasteiger partial charge is 0.293 e. The van der Waals surface area contributed by atoms with Crippen molar-refractivity contribution in [2.45, 2.75) is 18.7 Å². The van der Waals surface area contributed by atoms with Gasteiger partial charge in [-0.05, 0) is 53.9 Å². The van der Waals surface area contributed by atoms with Crippen molar-refractivity contribution in [3.05, 3.63) is 75.8 Å². The molecule has 3 rings (SSSR count). The van der Waals surface area contributed by atoms with Crippen LogP contribution in [-0.2, 0) is 4.79 Å². The van der Waals surface area contributed by atoms with Gasteiger partial charge in [-0.15, -0.1) is 11.8 Å². The van der Waals surface area contributed by atoms with Crippen LogP contribution in [0.3, 0.4) is 0 Å². The van der Waals surface area contributed by atoms with Gasteiger partial charge in [0.15, 0.2) is 0 Å². The molecule has 0 aliphatic heterocycles. The zero-order valence-electron chi connectivity index (χ0n) is 14.5. The minimum Gasteiger partial charge on any atom is -0.320 e. The maximum Gasteiger partial charge on any atom is 0.293 e.